The lowest BCUT2D eigenvalue weighted by Gasteiger charge is -2.40. The summed E-state index contributed by atoms with van der Waals surface area (Å²) in [6.45, 7) is 4.13. The first kappa shape index (κ1) is 23.5. The molecule has 1 aromatic carbocycles. The zero-order valence-electron chi connectivity index (χ0n) is 19.9. The zero-order chi connectivity index (χ0) is 24.9. The molecule has 2 unspecified atom stereocenters. The number of hydrogen-bond acceptors (Lipinski definition) is 4. The number of aromatic amines is 1. The van der Waals surface area contributed by atoms with Crippen LogP contribution < -0.4 is 11.1 Å². The lowest BCUT2D eigenvalue weighted by Crippen LogP contribution is -2.35. The number of nitrogens with two attached hydrogens (primary N) is 1. The van der Waals surface area contributed by atoms with Crippen molar-refractivity contribution in [1.82, 2.24) is 9.55 Å². The molecule has 2 aromatic heterocycles. The summed E-state index contributed by atoms with van der Waals surface area (Å²) in [6.07, 6.45) is 8.90. The summed E-state index contributed by atoms with van der Waals surface area (Å²) in [5.74, 6) is 0.775. The number of amidine groups is 1. The number of halogens is 2. The minimum absolute atomic E-state index is 0.00231. The van der Waals surface area contributed by atoms with E-state index in [-0.39, 0.29) is 17.5 Å². The first-order chi connectivity index (χ1) is 16.7. The van der Waals surface area contributed by atoms with Crippen LogP contribution in [0.5, 0.6) is 0 Å². The van der Waals surface area contributed by atoms with Crippen LogP contribution in [0.2, 0.25) is 0 Å². The molecule has 3 aromatic rings. The highest BCUT2D eigenvalue weighted by molar-refractivity contribution is 6.16. The smallest absolute Gasteiger partial charge is 0.306 e. The molecular weight excluding hydrogens is 452 g/mol. The number of carboxylic acid groups (broad SMARTS) is 1. The Hall–Kier alpha value is -3.20. The average Bonchev–Trinajstić information content (AvgIpc) is 3.45. The van der Waals surface area contributed by atoms with Crippen LogP contribution in [-0.2, 0) is 4.79 Å². The predicted molar refractivity (Wildman–Crippen MR) is 131 cm³/mol. The molecule has 186 valence electrons. The van der Waals surface area contributed by atoms with E-state index >= 15 is 0 Å². The van der Waals surface area contributed by atoms with Gasteiger partial charge in [-0.3, -0.25) is 4.79 Å². The molecule has 1 aliphatic heterocycles. The summed E-state index contributed by atoms with van der Waals surface area (Å²) in [5.41, 5.74) is 7.88. The fourth-order valence-corrected chi connectivity index (χ4v) is 5.79. The molecule has 0 saturated heterocycles. The third-order valence-electron chi connectivity index (χ3n) is 7.65. The Kier molecular flexibility index (Phi) is 6.13. The van der Waals surface area contributed by atoms with Gasteiger partial charge in [0.1, 0.15) is 29.5 Å². The van der Waals surface area contributed by atoms with E-state index in [9.17, 15) is 13.6 Å². The molecule has 2 bridgehead atoms. The van der Waals surface area contributed by atoms with Crippen molar-refractivity contribution >= 4 is 28.5 Å². The number of carbonyl (C=O) groups is 1. The van der Waals surface area contributed by atoms with E-state index in [2.05, 4.69) is 33.7 Å². The van der Waals surface area contributed by atoms with Gasteiger partial charge in [-0.1, -0.05) is 12.8 Å². The van der Waals surface area contributed by atoms with Gasteiger partial charge in [0.15, 0.2) is 0 Å². The second kappa shape index (κ2) is 9.11. The first-order valence-corrected chi connectivity index (χ1v) is 12.2. The molecular formula is C26H31F2N5O2. The fraction of sp³-hybridized carbons (Fsp3) is 0.462. The summed E-state index contributed by atoms with van der Waals surface area (Å²) in [5, 5.41) is 12.5. The van der Waals surface area contributed by atoms with Crippen molar-refractivity contribution in [3.63, 3.8) is 0 Å². The Bertz CT molecular complexity index is 1290. The van der Waals surface area contributed by atoms with Gasteiger partial charge in [0, 0.05) is 41.0 Å². The van der Waals surface area contributed by atoms with Crippen molar-refractivity contribution in [2.45, 2.75) is 58.2 Å². The van der Waals surface area contributed by atoms with E-state index in [4.69, 9.17) is 10.8 Å². The summed E-state index contributed by atoms with van der Waals surface area (Å²) in [4.78, 5) is 18.0. The van der Waals surface area contributed by atoms with Gasteiger partial charge in [0.05, 0.1) is 11.4 Å². The topological polar surface area (TPSA) is 108 Å². The number of benzene rings is 1. The Morgan fingerprint density at radius 3 is 2.57 bits per heavy atom. The van der Waals surface area contributed by atoms with E-state index in [0.29, 0.717) is 22.7 Å². The quantitative estimate of drug-likeness (QED) is 0.391. The number of fused-ring (bicyclic) bond motifs is 5. The minimum Gasteiger partial charge on any atom is -0.481 e. The maximum Gasteiger partial charge on any atom is 0.306 e. The zero-order valence-corrected chi connectivity index (χ0v) is 19.9. The maximum absolute atomic E-state index is 13.9. The van der Waals surface area contributed by atoms with E-state index in [1.807, 2.05) is 12.3 Å². The molecule has 3 saturated carbocycles. The summed E-state index contributed by atoms with van der Waals surface area (Å²) in [6, 6.07) is 4.32. The molecule has 3 heterocycles. The van der Waals surface area contributed by atoms with Gasteiger partial charge in [-0.15, -0.1) is 0 Å². The van der Waals surface area contributed by atoms with Crippen LogP contribution in [0.3, 0.4) is 0 Å². The number of aliphatic imine (C=N–C) groups is 1. The highest BCUT2D eigenvalue weighted by atomic mass is 19.1. The van der Waals surface area contributed by atoms with Crippen LogP contribution in [0.25, 0.3) is 10.9 Å². The second-order valence-corrected chi connectivity index (χ2v) is 10.1. The first-order valence-electron chi connectivity index (χ1n) is 12.2. The van der Waals surface area contributed by atoms with Crippen molar-refractivity contribution < 1.29 is 18.7 Å². The number of anilines is 1. The SMILES string of the molecule is CC(C)n1ccc2c1NC(c1c[nH]c3c(F)cc(F)cc13)=NC2N.O=C(O)C1CC2CCC1CC2. The largest absolute Gasteiger partial charge is 0.481 e. The number of aromatic nitrogens is 2. The predicted octanol–water partition coefficient (Wildman–Crippen LogP) is 5.56. The Morgan fingerprint density at radius 2 is 1.97 bits per heavy atom. The summed E-state index contributed by atoms with van der Waals surface area (Å²) < 4.78 is 29.6. The molecule has 7 nitrogen and oxygen atoms in total. The van der Waals surface area contributed by atoms with Gasteiger partial charge in [-0.05, 0) is 57.1 Å². The van der Waals surface area contributed by atoms with Crippen LogP contribution in [0.1, 0.15) is 69.3 Å². The van der Waals surface area contributed by atoms with Gasteiger partial charge >= 0.3 is 5.97 Å². The van der Waals surface area contributed by atoms with Crippen LogP contribution >= 0.6 is 0 Å². The molecule has 7 rings (SSSR count). The normalized spacial score (nSPS) is 25.0. The fourth-order valence-electron chi connectivity index (χ4n) is 5.79. The van der Waals surface area contributed by atoms with E-state index < -0.39 is 23.8 Å². The van der Waals surface area contributed by atoms with Crippen molar-refractivity contribution in [3.05, 3.63) is 53.4 Å². The molecule has 0 amide bonds. The highest BCUT2D eigenvalue weighted by Gasteiger charge is 2.39. The molecule has 5 N–H and O–H groups in total. The lowest BCUT2D eigenvalue weighted by atomic mass is 9.65. The molecule has 2 atom stereocenters. The number of nitrogens with one attached hydrogen (secondary N) is 2. The third-order valence-corrected chi connectivity index (χ3v) is 7.65. The van der Waals surface area contributed by atoms with Gasteiger partial charge in [-0.25, -0.2) is 13.8 Å². The monoisotopic (exact) mass is 483 g/mol. The Morgan fingerprint density at radius 1 is 1.23 bits per heavy atom. The van der Waals surface area contributed by atoms with Crippen molar-refractivity contribution in [2.24, 2.45) is 28.5 Å². The molecule has 35 heavy (non-hydrogen) atoms. The molecule has 4 aliphatic rings. The number of aliphatic carboxylic acids is 1. The number of hydrogen-bond donors (Lipinski definition) is 4. The maximum atomic E-state index is 13.9. The van der Waals surface area contributed by atoms with Crippen LogP contribution in [-0.4, -0.2) is 26.5 Å². The number of carboxylic acids is 1. The lowest BCUT2D eigenvalue weighted by molar-refractivity contribution is -0.147. The average molecular weight is 484 g/mol. The van der Waals surface area contributed by atoms with Crippen molar-refractivity contribution in [3.8, 4) is 0 Å². The molecule has 3 fully saturated rings. The minimum atomic E-state index is -0.636. The van der Waals surface area contributed by atoms with Gasteiger partial charge in [0.2, 0.25) is 0 Å². The Labute approximate surface area is 202 Å². The molecule has 0 radical (unpaired) electrons. The third kappa shape index (κ3) is 4.33. The number of nitrogens with zero attached hydrogens (tertiary/aromatic N) is 2. The molecule has 9 heteroatoms. The van der Waals surface area contributed by atoms with E-state index in [1.165, 1.54) is 31.7 Å². The molecule has 3 aliphatic carbocycles. The van der Waals surface area contributed by atoms with E-state index in [1.54, 1.807) is 6.20 Å². The number of rotatable bonds is 3. The van der Waals surface area contributed by atoms with Gasteiger partial charge in [-0.2, -0.15) is 0 Å². The van der Waals surface area contributed by atoms with E-state index in [0.717, 1.165) is 29.8 Å². The summed E-state index contributed by atoms with van der Waals surface area (Å²) in [7, 11) is 0. The van der Waals surface area contributed by atoms with Gasteiger partial charge in [0.25, 0.3) is 0 Å². The van der Waals surface area contributed by atoms with Crippen molar-refractivity contribution in [2.75, 3.05) is 5.32 Å². The Balaban J connectivity index is 0.000000192. The molecule has 0 spiro atoms. The van der Waals surface area contributed by atoms with Crippen LogP contribution in [0.4, 0.5) is 14.6 Å². The number of H-pyrrole nitrogens is 1. The standard InChI is InChI=1S/C17H17F2N5.C9H14O2/c1-8(2)24-4-3-10-15(20)22-16(23-17(10)24)12-7-21-14-11(12)5-9(18)6-13(14)19;10-9(11)8-5-6-1-3-7(8)4-2-6/h3-8,15,21H,20H2,1-2H3,(H,22,23);6-8H,1-5H2,(H,10,11). The van der Waals surface area contributed by atoms with Gasteiger partial charge < -0.3 is 25.7 Å². The van der Waals surface area contributed by atoms with Crippen LogP contribution in [0, 0.1) is 29.4 Å². The highest BCUT2D eigenvalue weighted by Crippen LogP contribution is 2.44. The van der Waals surface area contributed by atoms with Crippen molar-refractivity contribution in [1.29, 1.82) is 0 Å². The second-order valence-electron chi connectivity index (χ2n) is 10.1. The van der Waals surface area contributed by atoms with Crippen LogP contribution in [0.15, 0.2) is 35.6 Å². The summed E-state index contributed by atoms with van der Waals surface area (Å²) >= 11 is 0.